The summed E-state index contributed by atoms with van der Waals surface area (Å²) >= 11 is 0. The smallest absolute Gasteiger partial charge is 0.262 e. The lowest BCUT2D eigenvalue weighted by Crippen LogP contribution is -2.48. The predicted octanol–water partition coefficient (Wildman–Crippen LogP) is -0.0151. The van der Waals surface area contributed by atoms with Gasteiger partial charge in [0, 0.05) is 47.0 Å². The Labute approximate surface area is 149 Å². The molecule has 0 aromatic carbocycles. The number of imidazole rings is 1. The van der Waals surface area contributed by atoms with Gasteiger partial charge in [-0.1, -0.05) is 0 Å². The molecule has 1 unspecified atom stereocenters. The van der Waals surface area contributed by atoms with E-state index in [9.17, 15) is 13.2 Å². The van der Waals surface area contributed by atoms with Crippen LogP contribution in [0.2, 0.25) is 0 Å². The van der Waals surface area contributed by atoms with E-state index in [0.29, 0.717) is 19.6 Å². The van der Waals surface area contributed by atoms with E-state index in [-0.39, 0.29) is 16.3 Å². The quantitative estimate of drug-likeness (QED) is 0.746. The Morgan fingerprint density at radius 1 is 1.28 bits per heavy atom. The number of rotatable bonds is 4. The van der Waals surface area contributed by atoms with E-state index in [1.807, 2.05) is 0 Å². The van der Waals surface area contributed by atoms with Crippen LogP contribution in [0.1, 0.15) is 19.3 Å². The summed E-state index contributed by atoms with van der Waals surface area (Å²) in [6.45, 7) is 3.11. The number of likely N-dealkylation sites (tertiary alicyclic amines) is 1. The molecule has 1 atom stereocenters. The number of carbonyl (C=O) groups is 1. The highest BCUT2D eigenvalue weighted by Gasteiger charge is 2.45. The Hall–Kier alpha value is -1.45. The maximum absolute atomic E-state index is 12.8. The summed E-state index contributed by atoms with van der Waals surface area (Å²) in [4.78, 5) is 19.8. The molecule has 2 aliphatic heterocycles. The van der Waals surface area contributed by atoms with E-state index >= 15 is 0 Å². The summed E-state index contributed by atoms with van der Waals surface area (Å²) in [6, 6.07) is 0. The van der Waals surface area contributed by atoms with Gasteiger partial charge in [-0.2, -0.15) is 4.31 Å². The lowest BCUT2D eigenvalue weighted by atomic mass is 9.79. The number of aryl methyl sites for hydroxylation is 1. The summed E-state index contributed by atoms with van der Waals surface area (Å²) in [7, 11) is 1.75. The maximum atomic E-state index is 12.8. The van der Waals surface area contributed by atoms with E-state index in [0.717, 1.165) is 32.4 Å². The molecule has 0 saturated carbocycles. The van der Waals surface area contributed by atoms with Gasteiger partial charge in [-0.15, -0.1) is 0 Å². The minimum atomic E-state index is -3.54. The third kappa shape index (κ3) is 3.73. The second kappa shape index (κ2) is 6.69. The molecule has 9 heteroatoms. The Morgan fingerprint density at radius 2 is 2.04 bits per heavy atom. The van der Waals surface area contributed by atoms with Crippen LogP contribution in [0.3, 0.4) is 0 Å². The van der Waals surface area contributed by atoms with Crippen molar-refractivity contribution in [3.05, 3.63) is 12.5 Å². The minimum Gasteiger partial charge on any atom is -0.348 e. The third-order valence-corrected chi connectivity index (χ3v) is 7.02. The molecule has 0 aliphatic carbocycles. The molecule has 1 spiro atoms. The molecule has 1 aromatic heterocycles. The molecule has 25 heavy (non-hydrogen) atoms. The lowest BCUT2D eigenvalue weighted by molar-refractivity contribution is -0.130. The molecule has 1 aromatic rings. The highest BCUT2D eigenvalue weighted by Crippen LogP contribution is 2.40. The molecule has 2 saturated heterocycles. The first-order valence-electron chi connectivity index (χ1n) is 8.63. The summed E-state index contributed by atoms with van der Waals surface area (Å²) < 4.78 is 28.8. The van der Waals surface area contributed by atoms with E-state index in [1.165, 1.54) is 6.33 Å². The van der Waals surface area contributed by atoms with E-state index in [4.69, 9.17) is 0 Å². The van der Waals surface area contributed by atoms with Gasteiger partial charge < -0.3 is 9.47 Å². The van der Waals surface area contributed by atoms with Gasteiger partial charge in [-0.05, 0) is 31.2 Å². The van der Waals surface area contributed by atoms with Crippen LogP contribution in [-0.2, 0) is 21.9 Å². The van der Waals surface area contributed by atoms with Crippen LogP contribution in [0.15, 0.2) is 17.6 Å². The SMILES string of the molecule is CN(C)C(=O)CN1CCCC2(CCN(S(=O)(=O)c3cn(C)cn3)C2)C1. The molecule has 1 amide bonds. The topological polar surface area (TPSA) is 78.8 Å². The highest BCUT2D eigenvalue weighted by atomic mass is 32.2. The van der Waals surface area contributed by atoms with Gasteiger partial charge in [-0.3, -0.25) is 9.69 Å². The zero-order chi connectivity index (χ0) is 18.2. The van der Waals surface area contributed by atoms with Crippen molar-refractivity contribution in [2.45, 2.75) is 24.3 Å². The number of aromatic nitrogens is 2. The number of nitrogens with zero attached hydrogens (tertiary/aromatic N) is 5. The standard InChI is InChI=1S/C16H27N5O3S/c1-18(2)15(22)10-20-7-4-5-16(11-20)6-8-21(12-16)25(23,24)14-9-19(3)13-17-14/h9,13H,4-8,10-12H2,1-3H3. The normalized spacial score (nSPS) is 25.6. The summed E-state index contributed by atoms with van der Waals surface area (Å²) in [6.07, 6.45) is 5.90. The number of likely N-dealkylation sites (N-methyl/N-ethyl adjacent to an activating group) is 1. The molecule has 2 aliphatic rings. The fourth-order valence-corrected chi connectivity index (χ4v) is 5.38. The second-order valence-corrected chi connectivity index (χ2v) is 9.45. The highest BCUT2D eigenvalue weighted by molar-refractivity contribution is 7.89. The van der Waals surface area contributed by atoms with Gasteiger partial charge in [0.2, 0.25) is 5.91 Å². The molecule has 3 rings (SSSR count). The Kier molecular flexibility index (Phi) is 4.91. The van der Waals surface area contributed by atoms with Crippen LogP contribution >= 0.6 is 0 Å². The van der Waals surface area contributed by atoms with Gasteiger partial charge >= 0.3 is 0 Å². The van der Waals surface area contributed by atoms with E-state index < -0.39 is 10.0 Å². The first kappa shape index (κ1) is 18.3. The molecule has 0 radical (unpaired) electrons. The molecule has 0 N–H and O–H groups in total. The Bertz CT molecular complexity index is 745. The summed E-state index contributed by atoms with van der Waals surface area (Å²) in [5, 5.41) is 0.113. The molecular formula is C16H27N5O3S. The fraction of sp³-hybridized carbons (Fsp3) is 0.750. The van der Waals surface area contributed by atoms with Gasteiger partial charge in [0.15, 0.2) is 5.03 Å². The zero-order valence-corrected chi connectivity index (χ0v) is 16.0. The molecule has 3 heterocycles. The van der Waals surface area contributed by atoms with Crippen LogP contribution in [0.25, 0.3) is 0 Å². The molecule has 2 fully saturated rings. The van der Waals surface area contributed by atoms with E-state index in [2.05, 4.69) is 9.88 Å². The molecule has 8 nitrogen and oxygen atoms in total. The van der Waals surface area contributed by atoms with Gasteiger partial charge in [0.1, 0.15) is 0 Å². The second-order valence-electron chi connectivity index (χ2n) is 7.57. The minimum absolute atomic E-state index is 0.0489. The van der Waals surface area contributed by atoms with Crippen LogP contribution < -0.4 is 0 Å². The lowest BCUT2D eigenvalue weighted by Gasteiger charge is -2.40. The van der Waals surface area contributed by atoms with Crippen molar-refractivity contribution < 1.29 is 13.2 Å². The van der Waals surface area contributed by atoms with Crippen molar-refractivity contribution in [3.8, 4) is 0 Å². The molecule has 140 valence electrons. The summed E-state index contributed by atoms with van der Waals surface area (Å²) in [5.74, 6) is 0.0908. The Morgan fingerprint density at radius 3 is 2.68 bits per heavy atom. The van der Waals surface area contributed by atoms with Crippen LogP contribution in [-0.4, -0.2) is 84.8 Å². The van der Waals surface area contributed by atoms with Crippen molar-refractivity contribution in [1.82, 2.24) is 23.7 Å². The van der Waals surface area contributed by atoms with Crippen molar-refractivity contribution in [1.29, 1.82) is 0 Å². The van der Waals surface area contributed by atoms with E-state index in [1.54, 1.807) is 41.1 Å². The van der Waals surface area contributed by atoms with Gasteiger partial charge in [0.05, 0.1) is 12.9 Å². The average Bonchev–Trinajstić information content (AvgIpc) is 3.15. The largest absolute Gasteiger partial charge is 0.348 e. The first-order chi connectivity index (χ1) is 11.7. The number of carbonyl (C=O) groups excluding carboxylic acids is 1. The number of hydrogen-bond donors (Lipinski definition) is 0. The zero-order valence-electron chi connectivity index (χ0n) is 15.2. The molecule has 0 bridgehead atoms. The van der Waals surface area contributed by atoms with Crippen molar-refractivity contribution in [2.75, 3.05) is 46.8 Å². The van der Waals surface area contributed by atoms with Crippen molar-refractivity contribution in [3.63, 3.8) is 0 Å². The number of sulfonamides is 1. The van der Waals surface area contributed by atoms with Crippen molar-refractivity contribution in [2.24, 2.45) is 12.5 Å². The number of hydrogen-bond acceptors (Lipinski definition) is 5. The van der Waals surface area contributed by atoms with Crippen LogP contribution in [0.4, 0.5) is 0 Å². The first-order valence-corrected chi connectivity index (χ1v) is 10.1. The van der Waals surface area contributed by atoms with Crippen LogP contribution in [0, 0.1) is 5.41 Å². The Balaban J connectivity index is 1.69. The molecular weight excluding hydrogens is 342 g/mol. The fourth-order valence-electron chi connectivity index (χ4n) is 3.86. The summed E-state index contributed by atoms with van der Waals surface area (Å²) in [5.41, 5.74) is -0.0489. The average molecular weight is 369 g/mol. The number of amides is 1. The third-order valence-electron chi connectivity index (χ3n) is 5.29. The maximum Gasteiger partial charge on any atom is 0.262 e. The van der Waals surface area contributed by atoms with Gasteiger partial charge in [-0.25, -0.2) is 13.4 Å². The van der Waals surface area contributed by atoms with Crippen LogP contribution in [0.5, 0.6) is 0 Å². The predicted molar refractivity (Wildman–Crippen MR) is 93.4 cm³/mol. The van der Waals surface area contributed by atoms with Crippen molar-refractivity contribution >= 4 is 15.9 Å². The number of piperidine rings is 1. The van der Waals surface area contributed by atoms with Gasteiger partial charge in [0.25, 0.3) is 10.0 Å². The monoisotopic (exact) mass is 369 g/mol.